The molecule has 1 aromatic carbocycles. The molecule has 0 saturated carbocycles. The summed E-state index contributed by atoms with van der Waals surface area (Å²) in [7, 11) is 0. The van der Waals surface area contributed by atoms with E-state index in [4.69, 9.17) is 0 Å². The number of aryl methyl sites for hydroxylation is 3. The normalized spacial score (nSPS) is 10.4. The topological polar surface area (TPSA) is 94.8 Å². The van der Waals surface area contributed by atoms with Crippen molar-refractivity contribution in [1.29, 1.82) is 0 Å². The van der Waals surface area contributed by atoms with Crippen LogP contribution in [-0.2, 0) is 11.2 Å². The van der Waals surface area contributed by atoms with Crippen LogP contribution in [0.4, 0.5) is 5.69 Å². The second-order valence-corrected chi connectivity index (χ2v) is 5.04. The van der Waals surface area contributed by atoms with Crippen LogP contribution in [0.5, 0.6) is 0 Å². The number of nitrogens with one attached hydrogen (secondary N) is 3. The highest BCUT2D eigenvalue weighted by Crippen LogP contribution is 2.14. The maximum absolute atomic E-state index is 12.0. The summed E-state index contributed by atoms with van der Waals surface area (Å²) in [6.07, 6.45) is -0.0924. The quantitative estimate of drug-likeness (QED) is 0.790. The van der Waals surface area contributed by atoms with Gasteiger partial charge in [0.1, 0.15) is 0 Å². The second-order valence-electron chi connectivity index (χ2n) is 5.04. The van der Waals surface area contributed by atoms with Crippen molar-refractivity contribution in [1.82, 2.24) is 9.97 Å². The Hall–Kier alpha value is -2.63. The van der Waals surface area contributed by atoms with Crippen LogP contribution in [-0.4, -0.2) is 15.9 Å². The Bertz CT molecular complexity index is 803. The summed E-state index contributed by atoms with van der Waals surface area (Å²) in [4.78, 5) is 39.4. The summed E-state index contributed by atoms with van der Waals surface area (Å²) in [6.45, 7) is 5.54. The van der Waals surface area contributed by atoms with Crippen LogP contribution in [0.2, 0.25) is 0 Å². The third-order valence-electron chi connectivity index (χ3n) is 3.38. The van der Waals surface area contributed by atoms with Crippen molar-refractivity contribution in [3.63, 3.8) is 0 Å². The highest BCUT2D eigenvalue weighted by Gasteiger charge is 2.11. The van der Waals surface area contributed by atoms with Gasteiger partial charge in [0, 0.05) is 16.9 Å². The summed E-state index contributed by atoms with van der Waals surface area (Å²) in [5, 5.41) is 2.74. The Morgan fingerprint density at radius 3 is 2.43 bits per heavy atom. The zero-order chi connectivity index (χ0) is 15.6. The Morgan fingerprint density at radius 2 is 1.81 bits per heavy atom. The van der Waals surface area contributed by atoms with Gasteiger partial charge >= 0.3 is 5.69 Å². The Morgan fingerprint density at radius 1 is 1.10 bits per heavy atom. The SMILES string of the molecule is Cc1ccc(NC(=O)Cc2c(C)[nH]c(=O)[nH]c2=O)cc1C. The number of amides is 1. The molecule has 0 fully saturated rings. The van der Waals surface area contributed by atoms with E-state index in [0.29, 0.717) is 11.4 Å². The minimum atomic E-state index is -0.573. The average Bonchev–Trinajstić information content (AvgIpc) is 2.38. The first-order chi connectivity index (χ1) is 9.86. The molecule has 0 aliphatic carbocycles. The van der Waals surface area contributed by atoms with Crippen LogP contribution in [0.15, 0.2) is 27.8 Å². The first-order valence-corrected chi connectivity index (χ1v) is 6.56. The molecule has 1 aromatic heterocycles. The minimum absolute atomic E-state index is 0.0924. The Labute approximate surface area is 121 Å². The van der Waals surface area contributed by atoms with E-state index in [1.165, 1.54) is 0 Å². The zero-order valence-corrected chi connectivity index (χ0v) is 12.2. The molecule has 0 spiro atoms. The molecule has 0 aliphatic heterocycles. The van der Waals surface area contributed by atoms with Crippen molar-refractivity contribution in [2.24, 2.45) is 0 Å². The standard InChI is InChI=1S/C15H17N3O3/c1-8-4-5-11(6-9(8)2)17-13(19)7-12-10(3)16-15(21)18-14(12)20/h4-6H,7H2,1-3H3,(H,17,19)(H2,16,18,20,21). The van der Waals surface area contributed by atoms with Gasteiger partial charge in [-0.3, -0.25) is 14.6 Å². The van der Waals surface area contributed by atoms with Crippen molar-refractivity contribution in [2.45, 2.75) is 27.2 Å². The first-order valence-electron chi connectivity index (χ1n) is 6.56. The second kappa shape index (κ2) is 5.78. The zero-order valence-electron chi connectivity index (χ0n) is 12.2. The van der Waals surface area contributed by atoms with Crippen LogP contribution >= 0.6 is 0 Å². The van der Waals surface area contributed by atoms with E-state index in [1.54, 1.807) is 6.92 Å². The molecule has 110 valence electrons. The lowest BCUT2D eigenvalue weighted by atomic mass is 10.1. The largest absolute Gasteiger partial charge is 0.326 e. The van der Waals surface area contributed by atoms with Crippen LogP contribution in [0.25, 0.3) is 0 Å². The Balaban J connectivity index is 2.17. The molecular weight excluding hydrogens is 270 g/mol. The number of carbonyl (C=O) groups is 1. The highest BCUT2D eigenvalue weighted by atomic mass is 16.2. The van der Waals surface area contributed by atoms with Crippen LogP contribution in [0, 0.1) is 20.8 Å². The van der Waals surface area contributed by atoms with E-state index < -0.39 is 11.2 Å². The maximum atomic E-state index is 12.0. The third kappa shape index (κ3) is 3.47. The lowest BCUT2D eigenvalue weighted by Gasteiger charge is -2.08. The predicted octanol–water partition coefficient (Wildman–Crippen LogP) is 1.17. The summed E-state index contributed by atoms with van der Waals surface area (Å²) in [5.74, 6) is -0.307. The lowest BCUT2D eigenvalue weighted by molar-refractivity contribution is -0.115. The van der Waals surface area contributed by atoms with E-state index in [2.05, 4.69) is 15.3 Å². The van der Waals surface area contributed by atoms with Crippen molar-refractivity contribution >= 4 is 11.6 Å². The number of carbonyl (C=O) groups excluding carboxylic acids is 1. The molecule has 1 heterocycles. The Kier molecular flexibility index (Phi) is 4.07. The van der Waals surface area contributed by atoms with Crippen molar-refractivity contribution in [3.05, 3.63) is 61.4 Å². The van der Waals surface area contributed by atoms with Crippen molar-refractivity contribution in [2.75, 3.05) is 5.32 Å². The molecular formula is C15H17N3O3. The van der Waals surface area contributed by atoms with E-state index in [1.807, 2.05) is 32.0 Å². The van der Waals surface area contributed by atoms with Crippen molar-refractivity contribution < 1.29 is 4.79 Å². The van der Waals surface area contributed by atoms with Gasteiger partial charge in [-0.15, -0.1) is 0 Å². The van der Waals surface area contributed by atoms with Gasteiger partial charge < -0.3 is 10.3 Å². The molecule has 0 radical (unpaired) electrons. The van der Waals surface area contributed by atoms with Crippen LogP contribution < -0.4 is 16.6 Å². The molecule has 0 aliphatic rings. The molecule has 3 N–H and O–H groups in total. The molecule has 0 saturated heterocycles. The maximum Gasteiger partial charge on any atom is 0.325 e. The van der Waals surface area contributed by atoms with Gasteiger partial charge in [0.15, 0.2) is 0 Å². The number of hydrogen-bond donors (Lipinski definition) is 3. The number of aromatic amines is 2. The van der Waals surface area contributed by atoms with Crippen LogP contribution in [0.3, 0.4) is 0 Å². The number of rotatable bonds is 3. The molecule has 0 atom stereocenters. The van der Waals surface area contributed by atoms with E-state index in [9.17, 15) is 14.4 Å². The summed E-state index contributed by atoms with van der Waals surface area (Å²) >= 11 is 0. The van der Waals surface area contributed by atoms with Crippen LogP contribution in [0.1, 0.15) is 22.4 Å². The number of benzene rings is 1. The first kappa shape index (κ1) is 14.8. The molecule has 6 heteroatoms. The minimum Gasteiger partial charge on any atom is -0.326 e. The number of hydrogen-bond acceptors (Lipinski definition) is 3. The highest BCUT2D eigenvalue weighted by molar-refractivity contribution is 5.92. The molecule has 21 heavy (non-hydrogen) atoms. The fraction of sp³-hybridized carbons (Fsp3) is 0.267. The summed E-state index contributed by atoms with van der Waals surface area (Å²) in [5.41, 5.74) is 2.45. The molecule has 0 bridgehead atoms. The monoisotopic (exact) mass is 287 g/mol. The van der Waals surface area contributed by atoms with Gasteiger partial charge in [-0.1, -0.05) is 6.07 Å². The van der Waals surface area contributed by atoms with E-state index in [0.717, 1.165) is 11.1 Å². The molecule has 2 rings (SSSR count). The van der Waals surface area contributed by atoms with Gasteiger partial charge in [-0.2, -0.15) is 0 Å². The average molecular weight is 287 g/mol. The molecule has 1 amide bonds. The van der Waals surface area contributed by atoms with Gasteiger partial charge in [-0.05, 0) is 44.0 Å². The summed E-state index contributed by atoms with van der Waals surface area (Å²) in [6, 6.07) is 5.60. The number of H-pyrrole nitrogens is 2. The molecule has 2 aromatic rings. The predicted molar refractivity (Wildman–Crippen MR) is 80.7 cm³/mol. The number of aromatic nitrogens is 2. The van der Waals surface area contributed by atoms with Gasteiger partial charge in [0.2, 0.25) is 5.91 Å². The van der Waals surface area contributed by atoms with Gasteiger partial charge in [0.25, 0.3) is 5.56 Å². The fourth-order valence-corrected chi connectivity index (χ4v) is 2.02. The summed E-state index contributed by atoms with van der Waals surface area (Å²) < 4.78 is 0. The molecule has 0 unspecified atom stereocenters. The van der Waals surface area contributed by atoms with E-state index >= 15 is 0 Å². The van der Waals surface area contributed by atoms with E-state index in [-0.39, 0.29) is 17.9 Å². The fourth-order valence-electron chi connectivity index (χ4n) is 2.02. The van der Waals surface area contributed by atoms with Gasteiger partial charge in [0.05, 0.1) is 6.42 Å². The van der Waals surface area contributed by atoms with Crippen molar-refractivity contribution in [3.8, 4) is 0 Å². The lowest BCUT2D eigenvalue weighted by Crippen LogP contribution is -2.29. The smallest absolute Gasteiger partial charge is 0.325 e. The third-order valence-corrected chi connectivity index (χ3v) is 3.38. The number of anilines is 1. The molecule has 6 nitrogen and oxygen atoms in total. The van der Waals surface area contributed by atoms with Gasteiger partial charge in [-0.25, -0.2) is 4.79 Å².